The topological polar surface area (TPSA) is 3.24 Å². The average molecular weight is 356 g/mol. The molecule has 0 saturated carbocycles. The number of benzene rings is 4. The molecule has 0 unspecified atom stereocenters. The molecule has 0 aliphatic heterocycles. The highest BCUT2D eigenvalue weighted by Crippen LogP contribution is 2.36. The predicted molar refractivity (Wildman–Crippen MR) is 112 cm³/mol. The molecule has 0 atom stereocenters. The van der Waals surface area contributed by atoms with Crippen molar-refractivity contribution in [1.82, 2.24) is 0 Å². The summed E-state index contributed by atoms with van der Waals surface area (Å²) in [4.78, 5) is 2.25. The summed E-state index contributed by atoms with van der Waals surface area (Å²) in [6.07, 6.45) is 0. The Morgan fingerprint density at radius 3 is 1.46 bits per heavy atom. The van der Waals surface area contributed by atoms with Crippen LogP contribution in [0.15, 0.2) is 109 Å². The van der Waals surface area contributed by atoms with Gasteiger partial charge in [0.1, 0.15) is 0 Å². The Kier molecular flexibility index (Phi) is 4.72. The zero-order valence-electron chi connectivity index (χ0n) is 14.2. The molecule has 0 heterocycles. The van der Waals surface area contributed by atoms with Crippen molar-refractivity contribution in [3.63, 3.8) is 0 Å². The van der Waals surface area contributed by atoms with Crippen LogP contribution in [0, 0.1) is 0 Å². The van der Waals surface area contributed by atoms with E-state index in [0.29, 0.717) is 0 Å². The Bertz CT molecular complexity index is 940. The molecule has 0 saturated heterocycles. The number of hydrogen-bond donors (Lipinski definition) is 0. The summed E-state index contributed by atoms with van der Waals surface area (Å²) in [6, 6.07) is 37.2. The highest BCUT2D eigenvalue weighted by Gasteiger charge is 2.12. The van der Waals surface area contributed by atoms with Gasteiger partial charge in [-0.2, -0.15) is 0 Å². The van der Waals surface area contributed by atoms with E-state index in [1.165, 1.54) is 0 Å². The molecular formula is C24H18ClN. The molecule has 0 aromatic heterocycles. The zero-order valence-corrected chi connectivity index (χ0v) is 15.0. The first kappa shape index (κ1) is 16.4. The van der Waals surface area contributed by atoms with Crippen LogP contribution in [0.2, 0.25) is 5.02 Å². The molecule has 0 N–H and O–H groups in total. The highest BCUT2D eigenvalue weighted by atomic mass is 35.5. The molecule has 4 aromatic rings. The smallest absolute Gasteiger partial charge is 0.0484 e. The van der Waals surface area contributed by atoms with E-state index in [1.807, 2.05) is 36.4 Å². The predicted octanol–water partition coefficient (Wildman–Crippen LogP) is 7.48. The summed E-state index contributed by atoms with van der Waals surface area (Å²) in [5, 5.41) is 0.767. The molecule has 0 aliphatic rings. The number of rotatable bonds is 4. The van der Waals surface area contributed by atoms with Gasteiger partial charge in [0.05, 0.1) is 0 Å². The molecule has 26 heavy (non-hydrogen) atoms. The monoisotopic (exact) mass is 355 g/mol. The van der Waals surface area contributed by atoms with Gasteiger partial charge in [0, 0.05) is 27.6 Å². The maximum Gasteiger partial charge on any atom is 0.0484 e. The third-order valence-corrected chi connectivity index (χ3v) is 4.67. The van der Waals surface area contributed by atoms with Crippen molar-refractivity contribution >= 4 is 28.7 Å². The number of para-hydroxylation sites is 2. The highest BCUT2D eigenvalue weighted by molar-refractivity contribution is 6.33. The second-order valence-electron chi connectivity index (χ2n) is 6.03. The van der Waals surface area contributed by atoms with Crippen LogP contribution in [0.1, 0.15) is 0 Å². The van der Waals surface area contributed by atoms with Crippen LogP contribution >= 0.6 is 11.6 Å². The molecule has 4 rings (SSSR count). The fourth-order valence-corrected chi connectivity index (χ4v) is 3.33. The summed E-state index contributed by atoms with van der Waals surface area (Å²) >= 11 is 6.34. The van der Waals surface area contributed by atoms with E-state index >= 15 is 0 Å². The van der Waals surface area contributed by atoms with Crippen molar-refractivity contribution < 1.29 is 0 Å². The van der Waals surface area contributed by atoms with E-state index in [9.17, 15) is 0 Å². The fraction of sp³-hybridized carbons (Fsp3) is 0. The van der Waals surface area contributed by atoms with Crippen LogP contribution in [0.3, 0.4) is 0 Å². The summed E-state index contributed by atoms with van der Waals surface area (Å²) in [5.41, 5.74) is 5.53. The normalized spacial score (nSPS) is 10.5. The van der Waals surface area contributed by atoms with Gasteiger partial charge in [0.25, 0.3) is 0 Å². The molecule has 0 amide bonds. The van der Waals surface area contributed by atoms with Crippen molar-refractivity contribution in [2.45, 2.75) is 0 Å². The number of halogens is 1. The molecule has 2 heteroatoms. The van der Waals surface area contributed by atoms with E-state index in [2.05, 4.69) is 77.7 Å². The maximum absolute atomic E-state index is 6.34. The van der Waals surface area contributed by atoms with Gasteiger partial charge in [-0.1, -0.05) is 78.3 Å². The first-order valence-corrected chi connectivity index (χ1v) is 8.96. The molecule has 126 valence electrons. The van der Waals surface area contributed by atoms with Crippen molar-refractivity contribution in [1.29, 1.82) is 0 Å². The van der Waals surface area contributed by atoms with Crippen LogP contribution < -0.4 is 4.90 Å². The summed E-state index contributed by atoms with van der Waals surface area (Å²) in [5.74, 6) is 0. The van der Waals surface area contributed by atoms with Gasteiger partial charge >= 0.3 is 0 Å². The lowest BCUT2D eigenvalue weighted by Crippen LogP contribution is -2.09. The van der Waals surface area contributed by atoms with Gasteiger partial charge in [0.2, 0.25) is 0 Å². The van der Waals surface area contributed by atoms with Crippen LogP contribution in [0.4, 0.5) is 17.1 Å². The van der Waals surface area contributed by atoms with Crippen LogP contribution in [-0.2, 0) is 0 Å². The number of nitrogens with zero attached hydrogens (tertiary/aromatic N) is 1. The van der Waals surface area contributed by atoms with E-state index < -0.39 is 0 Å². The molecule has 0 fully saturated rings. The number of anilines is 3. The third-order valence-electron chi connectivity index (χ3n) is 4.34. The first-order valence-electron chi connectivity index (χ1n) is 8.58. The number of hydrogen-bond acceptors (Lipinski definition) is 1. The Labute approximate surface area is 159 Å². The summed E-state index contributed by atoms with van der Waals surface area (Å²) in [7, 11) is 0. The lowest BCUT2D eigenvalue weighted by Gasteiger charge is -2.25. The minimum absolute atomic E-state index is 0.767. The zero-order chi connectivity index (χ0) is 17.8. The maximum atomic E-state index is 6.34. The first-order chi connectivity index (χ1) is 12.8. The lowest BCUT2D eigenvalue weighted by atomic mass is 10.0. The molecule has 4 aromatic carbocycles. The van der Waals surface area contributed by atoms with Gasteiger partial charge in [-0.05, 0) is 48.0 Å². The van der Waals surface area contributed by atoms with Crippen LogP contribution in [0.25, 0.3) is 11.1 Å². The van der Waals surface area contributed by atoms with Crippen LogP contribution in [-0.4, -0.2) is 0 Å². The third kappa shape index (κ3) is 3.35. The van der Waals surface area contributed by atoms with Gasteiger partial charge < -0.3 is 4.90 Å². The molecule has 0 radical (unpaired) electrons. The quantitative estimate of drug-likeness (QED) is 0.367. The SMILES string of the molecule is Clc1ccccc1-c1ccc(N(c2ccccc2)c2ccccc2)cc1. The Morgan fingerprint density at radius 1 is 0.462 bits per heavy atom. The summed E-state index contributed by atoms with van der Waals surface area (Å²) < 4.78 is 0. The fourth-order valence-electron chi connectivity index (χ4n) is 3.09. The van der Waals surface area contributed by atoms with Crippen molar-refractivity contribution in [2.75, 3.05) is 4.90 Å². The Morgan fingerprint density at radius 2 is 0.923 bits per heavy atom. The molecule has 1 nitrogen and oxygen atoms in total. The van der Waals surface area contributed by atoms with Crippen molar-refractivity contribution in [2.24, 2.45) is 0 Å². The molecule has 0 aliphatic carbocycles. The standard InChI is InChI=1S/C24H18ClN/c25-24-14-8-7-13-23(24)19-15-17-22(18-16-19)26(20-9-3-1-4-10-20)21-11-5-2-6-12-21/h1-18H. The van der Waals surface area contributed by atoms with Gasteiger partial charge in [-0.25, -0.2) is 0 Å². The largest absolute Gasteiger partial charge is 0.311 e. The van der Waals surface area contributed by atoms with Gasteiger partial charge in [-0.15, -0.1) is 0 Å². The minimum Gasteiger partial charge on any atom is -0.311 e. The lowest BCUT2D eigenvalue weighted by molar-refractivity contribution is 1.28. The molecular weight excluding hydrogens is 338 g/mol. The van der Waals surface area contributed by atoms with Gasteiger partial charge in [0.15, 0.2) is 0 Å². The van der Waals surface area contributed by atoms with E-state index in [4.69, 9.17) is 11.6 Å². The average Bonchev–Trinajstić information content (AvgIpc) is 2.71. The van der Waals surface area contributed by atoms with Crippen LogP contribution in [0.5, 0.6) is 0 Å². The van der Waals surface area contributed by atoms with E-state index in [1.54, 1.807) is 0 Å². The van der Waals surface area contributed by atoms with Crippen molar-refractivity contribution in [3.8, 4) is 11.1 Å². The van der Waals surface area contributed by atoms with Gasteiger partial charge in [-0.3, -0.25) is 0 Å². The van der Waals surface area contributed by atoms with E-state index in [0.717, 1.165) is 33.2 Å². The molecule has 0 bridgehead atoms. The summed E-state index contributed by atoms with van der Waals surface area (Å²) in [6.45, 7) is 0. The van der Waals surface area contributed by atoms with Crippen molar-refractivity contribution in [3.05, 3.63) is 114 Å². The second-order valence-corrected chi connectivity index (χ2v) is 6.44. The minimum atomic E-state index is 0.767. The second kappa shape index (κ2) is 7.47. The Hall–Kier alpha value is -3.03. The Balaban J connectivity index is 1.76. The van der Waals surface area contributed by atoms with E-state index in [-0.39, 0.29) is 0 Å². The molecule has 0 spiro atoms.